The highest BCUT2D eigenvalue weighted by Crippen LogP contribution is 2.29. The fourth-order valence-electron chi connectivity index (χ4n) is 2.35. The molecule has 0 saturated carbocycles. The van der Waals surface area contributed by atoms with Crippen LogP contribution in [0, 0.1) is 12.3 Å². The fraction of sp³-hybridized carbons (Fsp3) is 0.333. The van der Waals surface area contributed by atoms with E-state index < -0.39 is 22.5 Å². The van der Waals surface area contributed by atoms with Gasteiger partial charge in [0.1, 0.15) is 6.54 Å². The molecule has 0 aliphatic carbocycles. The number of hydrogen-bond donors (Lipinski definition) is 1. The molecular weight excluding hydrogens is 410 g/mol. The Morgan fingerprint density at radius 3 is 2.34 bits per heavy atom. The predicted octanol–water partition coefficient (Wildman–Crippen LogP) is 4.38. The quantitative estimate of drug-likeness (QED) is 0.540. The first-order valence-corrected chi connectivity index (χ1v) is 10.9. The van der Waals surface area contributed by atoms with Crippen molar-refractivity contribution in [2.75, 3.05) is 10.8 Å². The summed E-state index contributed by atoms with van der Waals surface area (Å²) in [6.07, 6.45) is 0. The first-order chi connectivity index (χ1) is 13.4. The number of anilines is 1. The predicted molar refractivity (Wildman–Crippen MR) is 118 cm³/mol. The number of aryl methyl sites for hydroxylation is 1. The Balaban J connectivity index is 2.44. The van der Waals surface area contributed by atoms with Gasteiger partial charge in [-0.1, -0.05) is 56.6 Å². The molecule has 2 aromatic rings. The molecule has 0 saturated heterocycles. The summed E-state index contributed by atoms with van der Waals surface area (Å²) >= 11 is 6.10. The van der Waals surface area contributed by atoms with Gasteiger partial charge < -0.3 is 0 Å². The van der Waals surface area contributed by atoms with E-state index in [4.69, 9.17) is 11.6 Å². The summed E-state index contributed by atoms with van der Waals surface area (Å²) in [5.41, 5.74) is 3.98. The lowest BCUT2D eigenvalue weighted by molar-refractivity contribution is -0.119. The molecule has 29 heavy (non-hydrogen) atoms. The maximum Gasteiger partial charge on any atom is 0.264 e. The number of benzene rings is 2. The Kier molecular flexibility index (Phi) is 7.08. The monoisotopic (exact) mass is 435 g/mol. The van der Waals surface area contributed by atoms with Crippen molar-refractivity contribution in [2.45, 2.75) is 39.5 Å². The summed E-state index contributed by atoms with van der Waals surface area (Å²) in [6.45, 7) is 9.05. The lowest BCUT2D eigenvalue weighted by Crippen LogP contribution is -2.40. The molecule has 8 heteroatoms. The number of halogens is 1. The largest absolute Gasteiger partial charge is 0.271 e. The third-order valence-corrected chi connectivity index (χ3v) is 6.50. The number of carbonyl (C=O) groups is 1. The van der Waals surface area contributed by atoms with Crippen LogP contribution in [0.2, 0.25) is 5.02 Å². The number of hydrazone groups is 1. The van der Waals surface area contributed by atoms with Crippen LogP contribution >= 0.6 is 11.6 Å². The van der Waals surface area contributed by atoms with Gasteiger partial charge in [-0.2, -0.15) is 5.10 Å². The minimum Gasteiger partial charge on any atom is -0.271 e. The van der Waals surface area contributed by atoms with Crippen LogP contribution in [0.15, 0.2) is 58.5 Å². The smallest absolute Gasteiger partial charge is 0.264 e. The molecule has 0 unspecified atom stereocenters. The average molecular weight is 436 g/mol. The van der Waals surface area contributed by atoms with Gasteiger partial charge >= 0.3 is 0 Å². The van der Waals surface area contributed by atoms with Gasteiger partial charge in [-0.05, 0) is 43.7 Å². The van der Waals surface area contributed by atoms with Gasteiger partial charge in [0.25, 0.3) is 15.9 Å². The van der Waals surface area contributed by atoms with Crippen LogP contribution < -0.4 is 9.73 Å². The van der Waals surface area contributed by atoms with Crippen molar-refractivity contribution in [2.24, 2.45) is 10.5 Å². The van der Waals surface area contributed by atoms with E-state index in [2.05, 4.69) is 10.5 Å². The Hall–Kier alpha value is -2.38. The van der Waals surface area contributed by atoms with Crippen molar-refractivity contribution in [3.8, 4) is 0 Å². The normalized spacial score (nSPS) is 12.6. The molecule has 0 atom stereocenters. The molecule has 156 valence electrons. The third kappa shape index (κ3) is 5.81. The third-order valence-electron chi connectivity index (χ3n) is 4.49. The van der Waals surface area contributed by atoms with Crippen LogP contribution in [0.4, 0.5) is 5.69 Å². The number of amides is 1. The van der Waals surface area contributed by atoms with Crippen molar-refractivity contribution < 1.29 is 13.2 Å². The molecule has 6 nitrogen and oxygen atoms in total. The van der Waals surface area contributed by atoms with Gasteiger partial charge in [0, 0.05) is 16.1 Å². The number of nitrogens with zero attached hydrogens (tertiary/aromatic N) is 2. The summed E-state index contributed by atoms with van der Waals surface area (Å²) in [5, 5.41) is 4.48. The molecule has 0 aromatic heterocycles. The second-order valence-corrected chi connectivity index (χ2v) is 10.0. The van der Waals surface area contributed by atoms with E-state index in [0.29, 0.717) is 16.3 Å². The zero-order chi connectivity index (χ0) is 21.8. The highest BCUT2D eigenvalue weighted by Gasteiger charge is 2.28. The topological polar surface area (TPSA) is 78.8 Å². The molecule has 0 fully saturated rings. The number of sulfonamides is 1. The van der Waals surface area contributed by atoms with E-state index in [9.17, 15) is 13.2 Å². The first-order valence-electron chi connectivity index (χ1n) is 9.10. The zero-order valence-electron chi connectivity index (χ0n) is 17.2. The van der Waals surface area contributed by atoms with E-state index in [-0.39, 0.29) is 10.3 Å². The molecule has 0 aliphatic heterocycles. The van der Waals surface area contributed by atoms with E-state index in [1.807, 2.05) is 20.8 Å². The number of rotatable bonds is 6. The zero-order valence-corrected chi connectivity index (χ0v) is 18.8. The Bertz CT molecular complexity index is 1010. The average Bonchev–Trinajstić information content (AvgIpc) is 2.66. The first kappa shape index (κ1) is 22.9. The van der Waals surface area contributed by atoms with Crippen LogP contribution in [0.25, 0.3) is 0 Å². The van der Waals surface area contributed by atoms with Crippen LogP contribution in [0.5, 0.6) is 0 Å². The standard InChI is InChI=1S/C21H26ClN3O3S/c1-15-11-12-17(22)13-19(15)25(29(27,28)18-9-7-6-8-10-18)14-20(26)24-23-16(2)21(3,4)5/h6-13H,14H2,1-5H3,(H,24,26)/b23-16-. The second-order valence-electron chi connectivity index (χ2n) is 7.74. The Labute approximate surface area is 177 Å². The van der Waals surface area contributed by atoms with Gasteiger partial charge in [0.15, 0.2) is 0 Å². The number of hydrogen-bond acceptors (Lipinski definition) is 4. The molecule has 0 bridgehead atoms. The Morgan fingerprint density at radius 1 is 1.14 bits per heavy atom. The van der Waals surface area contributed by atoms with Crippen molar-refractivity contribution in [3.05, 3.63) is 59.1 Å². The van der Waals surface area contributed by atoms with E-state index in [0.717, 1.165) is 10.0 Å². The van der Waals surface area contributed by atoms with Crippen LogP contribution in [0.3, 0.4) is 0 Å². The van der Waals surface area contributed by atoms with Crippen LogP contribution in [-0.2, 0) is 14.8 Å². The molecule has 0 heterocycles. The summed E-state index contributed by atoms with van der Waals surface area (Å²) in [6, 6.07) is 12.9. The molecule has 0 spiro atoms. The van der Waals surface area contributed by atoms with Crippen molar-refractivity contribution >= 4 is 38.9 Å². The molecule has 1 amide bonds. The number of carbonyl (C=O) groups excluding carboxylic acids is 1. The molecule has 2 aromatic carbocycles. The van der Waals surface area contributed by atoms with Gasteiger partial charge in [-0.25, -0.2) is 13.8 Å². The fourth-order valence-corrected chi connectivity index (χ4v) is 4.02. The van der Waals surface area contributed by atoms with Crippen molar-refractivity contribution in [3.63, 3.8) is 0 Å². The van der Waals surface area contributed by atoms with Crippen molar-refractivity contribution in [1.29, 1.82) is 0 Å². The van der Waals surface area contributed by atoms with E-state index >= 15 is 0 Å². The lowest BCUT2D eigenvalue weighted by atomic mass is 9.91. The minimum atomic E-state index is -3.99. The molecule has 0 radical (unpaired) electrons. The summed E-state index contributed by atoms with van der Waals surface area (Å²) < 4.78 is 27.6. The molecule has 1 N–H and O–H groups in total. The Morgan fingerprint density at radius 2 is 1.76 bits per heavy atom. The van der Waals surface area contributed by atoms with Gasteiger partial charge in [0.2, 0.25) is 0 Å². The molecular formula is C21H26ClN3O3S. The minimum absolute atomic E-state index is 0.0848. The molecule has 2 rings (SSSR count). The lowest BCUT2D eigenvalue weighted by Gasteiger charge is -2.25. The van der Waals surface area contributed by atoms with Gasteiger partial charge in [0.05, 0.1) is 10.6 Å². The van der Waals surface area contributed by atoms with E-state index in [1.54, 1.807) is 44.2 Å². The van der Waals surface area contributed by atoms with Crippen LogP contribution in [0.1, 0.15) is 33.3 Å². The molecule has 0 aliphatic rings. The maximum atomic E-state index is 13.3. The van der Waals surface area contributed by atoms with Crippen molar-refractivity contribution in [1.82, 2.24) is 5.43 Å². The SMILES string of the molecule is C/C(=N/NC(=O)CN(c1cc(Cl)ccc1C)S(=O)(=O)c1ccccc1)C(C)(C)C. The van der Waals surface area contributed by atoms with E-state index in [1.165, 1.54) is 18.2 Å². The summed E-state index contributed by atoms with van der Waals surface area (Å²) in [4.78, 5) is 12.7. The second kappa shape index (κ2) is 8.97. The summed E-state index contributed by atoms with van der Waals surface area (Å²) in [5.74, 6) is -0.549. The highest BCUT2D eigenvalue weighted by molar-refractivity contribution is 7.92. The van der Waals surface area contributed by atoms with Crippen LogP contribution in [-0.4, -0.2) is 26.6 Å². The number of nitrogens with one attached hydrogen (secondary N) is 1. The summed E-state index contributed by atoms with van der Waals surface area (Å²) in [7, 11) is -3.99. The highest BCUT2D eigenvalue weighted by atomic mass is 35.5. The van der Waals surface area contributed by atoms with Gasteiger partial charge in [-0.15, -0.1) is 0 Å². The maximum absolute atomic E-state index is 13.3. The van der Waals surface area contributed by atoms with Gasteiger partial charge in [-0.3, -0.25) is 9.10 Å².